The summed E-state index contributed by atoms with van der Waals surface area (Å²) in [5, 5.41) is 3.40. The average molecular weight is 593 g/mol. The minimum Gasteiger partial charge on any atom is -0.495 e. The molecule has 0 radical (unpaired) electrons. The highest BCUT2D eigenvalue weighted by Crippen LogP contribution is 2.32. The normalized spacial score (nSPS) is 12.1. The third kappa shape index (κ3) is 7.44. The summed E-state index contributed by atoms with van der Waals surface area (Å²) in [6.07, 6.45) is 0. The zero-order valence-electron chi connectivity index (χ0n) is 22.1. The third-order valence-corrected chi connectivity index (χ3v) is 8.38. The van der Waals surface area contributed by atoms with Crippen LogP contribution in [-0.2, 0) is 26.2 Å². The lowest BCUT2D eigenvalue weighted by atomic mass is 10.1. The van der Waals surface area contributed by atoms with E-state index in [1.54, 1.807) is 49.4 Å². The highest BCUT2D eigenvalue weighted by Gasteiger charge is 2.33. The van der Waals surface area contributed by atoms with E-state index < -0.39 is 28.5 Å². The number of methoxy groups -OCH3 is 1. The zero-order chi connectivity index (χ0) is 28.7. The number of rotatable bonds is 11. The predicted octanol–water partition coefficient (Wildman–Crippen LogP) is 5.14. The molecule has 0 aliphatic rings. The quantitative estimate of drug-likeness (QED) is 0.333. The number of ether oxygens (including phenoxy) is 1. The predicted molar refractivity (Wildman–Crippen MR) is 154 cm³/mol. The lowest BCUT2D eigenvalue weighted by Crippen LogP contribution is -2.52. The highest BCUT2D eigenvalue weighted by atomic mass is 35.5. The lowest BCUT2D eigenvalue weighted by Gasteiger charge is -2.32. The molecule has 0 fully saturated rings. The number of anilines is 1. The van der Waals surface area contributed by atoms with E-state index >= 15 is 0 Å². The molecule has 0 aliphatic heterocycles. The van der Waals surface area contributed by atoms with Gasteiger partial charge in [-0.2, -0.15) is 0 Å². The Morgan fingerprint density at radius 2 is 1.56 bits per heavy atom. The summed E-state index contributed by atoms with van der Waals surface area (Å²) in [6.45, 7) is 4.61. The Kier molecular flexibility index (Phi) is 10.2. The summed E-state index contributed by atoms with van der Waals surface area (Å²) in [7, 11) is -2.76. The van der Waals surface area contributed by atoms with Gasteiger partial charge in [-0.15, -0.1) is 0 Å². The first kappa shape index (κ1) is 30.3. The fourth-order valence-electron chi connectivity index (χ4n) is 3.86. The molecule has 1 atom stereocenters. The molecule has 0 unspecified atom stereocenters. The molecule has 2 amide bonds. The van der Waals surface area contributed by atoms with Crippen LogP contribution in [0, 0.1) is 0 Å². The Hall–Kier alpha value is -3.27. The number of amides is 2. The number of hydrogen-bond acceptors (Lipinski definition) is 5. The lowest BCUT2D eigenvalue weighted by molar-refractivity contribution is -0.139. The summed E-state index contributed by atoms with van der Waals surface area (Å²) in [6, 6.07) is 18.1. The number of nitrogens with zero attached hydrogens (tertiary/aromatic N) is 2. The van der Waals surface area contributed by atoms with E-state index in [0.29, 0.717) is 16.3 Å². The van der Waals surface area contributed by atoms with Crippen molar-refractivity contribution >= 4 is 50.7 Å². The van der Waals surface area contributed by atoms with Gasteiger partial charge in [0.15, 0.2) is 0 Å². The molecule has 3 rings (SSSR count). The van der Waals surface area contributed by atoms with E-state index in [1.807, 2.05) is 13.8 Å². The molecular weight excluding hydrogens is 561 g/mol. The number of carbonyl (C=O) groups is 2. The maximum Gasteiger partial charge on any atom is 0.264 e. The van der Waals surface area contributed by atoms with Crippen LogP contribution >= 0.6 is 23.2 Å². The van der Waals surface area contributed by atoms with Crippen LogP contribution < -0.4 is 14.4 Å². The Morgan fingerprint density at radius 1 is 0.923 bits per heavy atom. The van der Waals surface area contributed by atoms with Gasteiger partial charge in [0.1, 0.15) is 18.3 Å². The minimum absolute atomic E-state index is 0.00617. The van der Waals surface area contributed by atoms with Crippen molar-refractivity contribution in [2.24, 2.45) is 0 Å². The van der Waals surface area contributed by atoms with Crippen LogP contribution in [0.1, 0.15) is 26.3 Å². The van der Waals surface area contributed by atoms with Gasteiger partial charge in [-0.05, 0) is 62.7 Å². The first-order valence-electron chi connectivity index (χ1n) is 12.2. The van der Waals surface area contributed by atoms with Crippen molar-refractivity contribution in [2.45, 2.75) is 44.3 Å². The molecule has 39 heavy (non-hydrogen) atoms. The van der Waals surface area contributed by atoms with E-state index in [-0.39, 0.29) is 34.1 Å². The summed E-state index contributed by atoms with van der Waals surface area (Å²) in [4.78, 5) is 28.2. The second-order valence-corrected chi connectivity index (χ2v) is 11.8. The van der Waals surface area contributed by atoms with Crippen molar-refractivity contribution in [3.05, 3.63) is 88.4 Å². The van der Waals surface area contributed by atoms with Crippen molar-refractivity contribution in [1.29, 1.82) is 0 Å². The molecular formula is C28H31Cl2N3O5S. The van der Waals surface area contributed by atoms with Crippen molar-refractivity contribution in [2.75, 3.05) is 18.0 Å². The summed E-state index contributed by atoms with van der Waals surface area (Å²) < 4.78 is 33.8. The van der Waals surface area contributed by atoms with Gasteiger partial charge in [-0.25, -0.2) is 8.42 Å². The Morgan fingerprint density at radius 3 is 2.15 bits per heavy atom. The first-order valence-corrected chi connectivity index (χ1v) is 14.4. The SMILES string of the molecule is COc1ccc(N(CC(=O)N(Cc2ccccc2Cl)[C@@H](C)C(=O)NC(C)C)S(=O)(=O)c2ccccc2)cc1Cl. The van der Waals surface area contributed by atoms with E-state index in [4.69, 9.17) is 27.9 Å². The van der Waals surface area contributed by atoms with Crippen LogP contribution in [0.15, 0.2) is 77.7 Å². The molecule has 0 aromatic heterocycles. The summed E-state index contributed by atoms with van der Waals surface area (Å²) >= 11 is 12.7. The molecule has 3 aromatic rings. The van der Waals surface area contributed by atoms with Gasteiger partial charge in [0.2, 0.25) is 11.8 Å². The van der Waals surface area contributed by atoms with E-state index in [1.165, 1.54) is 42.3 Å². The van der Waals surface area contributed by atoms with Gasteiger partial charge < -0.3 is 15.0 Å². The molecule has 208 valence electrons. The first-order chi connectivity index (χ1) is 18.4. The van der Waals surface area contributed by atoms with Gasteiger partial charge in [0.05, 0.1) is 22.7 Å². The van der Waals surface area contributed by atoms with Crippen LogP contribution in [0.5, 0.6) is 5.75 Å². The van der Waals surface area contributed by atoms with E-state index in [2.05, 4.69) is 5.32 Å². The van der Waals surface area contributed by atoms with Crippen LogP contribution in [-0.4, -0.2) is 50.9 Å². The van der Waals surface area contributed by atoms with Crippen molar-refractivity contribution in [3.8, 4) is 5.75 Å². The maximum atomic E-state index is 13.9. The highest BCUT2D eigenvalue weighted by molar-refractivity contribution is 7.92. The monoisotopic (exact) mass is 591 g/mol. The fraction of sp³-hybridized carbons (Fsp3) is 0.286. The van der Waals surface area contributed by atoms with Crippen LogP contribution in [0.25, 0.3) is 0 Å². The Balaban J connectivity index is 2.07. The van der Waals surface area contributed by atoms with Crippen molar-refractivity contribution in [1.82, 2.24) is 10.2 Å². The number of benzene rings is 3. The topological polar surface area (TPSA) is 96.0 Å². The molecule has 3 aromatic carbocycles. The molecule has 0 saturated carbocycles. The van der Waals surface area contributed by atoms with E-state index in [9.17, 15) is 18.0 Å². The minimum atomic E-state index is -4.21. The molecule has 0 saturated heterocycles. The third-order valence-electron chi connectivity index (χ3n) is 5.93. The number of carbonyl (C=O) groups excluding carboxylic acids is 2. The van der Waals surface area contributed by atoms with Gasteiger partial charge in [-0.3, -0.25) is 13.9 Å². The van der Waals surface area contributed by atoms with Crippen LogP contribution in [0.4, 0.5) is 5.69 Å². The molecule has 0 heterocycles. The second-order valence-electron chi connectivity index (χ2n) is 9.10. The fourth-order valence-corrected chi connectivity index (χ4v) is 5.73. The molecule has 11 heteroatoms. The molecule has 8 nitrogen and oxygen atoms in total. The Bertz CT molecular complexity index is 1420. The van der Waals surface area contributed by atoms with Gasteiger partial charge in [0, 0.05) is 17.6 Å². The molecule has 0 spiro atoms. The maximum absolute atomic E-state index is 13.9. The van der Waals surface area contributed by atoms with Gasteiger partial charge in [-0.1, -0.05) is 59.6 Å². The van der Waals surface area contributed by atoms with Crippen molar-refractivity contribution < 1.29 is 22.7 Å². The Labute approximate surface area is 239 Å². The molecule has 0 aliphatic carbocycles. The van der Waals surface area contributed by atoms with Crippen LogP contribution in [0.2, 0.25) is 10.0 Å². The van der Waals surface area contributed by atoms with E-state index in [0.717, 1.165) is 4.31 Å². The summed E-state index contributed by atoms with van der Waals surface area (Å²) in [5.41, 5.74) is 0.775. The number of hydrogen-bond donors (Lipinski definition) is 1. The molecule has 1 N–H and O–H groups in total. The molecule has 0 bridgehead atoms. The second kappa shape index (κ2) is 13.2. The standard InChI is InChI=1S/C28H31Cl2N3O5S/c1-19(2)31-28(35)20(3)32(17-21-10-8-9-13-24(21)29)27(34)18-33(22-14-15-26(38-4)25(30)16-22)39(36,37)23-11-6-5-7-12-23/h5-16,19-20H,17-18H2,1-4H3,(H,31,35)/t20-/m0/s1. The van der Waals surface area contributed by atoms with Crippen molar-refractivity contribution in [3.63, 3.8) is 0 Å². The van der Waals surface area contributed by atoms with Crippen LogP contribution in [0.3, 0.4) is 0 Å². The largest absolute Gasteiger partial charge is 0.495 e. The van der Waals surface area contributed by atoms with Gasteiger partial charge >= 0.3 is 0 Å². The zero-order valence-corrected chi connectivity index (χ0v) is 24.4. The number of sulfonamides is 1. The number of nitrogens with one attached hydrogen (secondary N) is 1. The average Bonchev–Trinajstić information content (AvgIpc) is 2.90. The smallest absolute Gasteiger partial charge is 0.264 e. The number of halogens is 2. The van der Waals surface area contributed by atoms with Gasteiger partial charge in [0.25, 0.3) is 10.0 Å². The summed E-state index contributed by atoms with van der Waals surface area (Å²) in [5.74, 6) is -0.633.